The van der Waals surface area contributed by atoms with Gasteiger partial charge in [-0.25, -0.2) is 0 Å². The van der Waals surface area contributed by atoms with Gasteiger partial charge in [-0.1, -0.05) is 6.08 Å². The maximum atomic E-state index is 5.85. The summed E-state index contributed by atoms with van der Waals surface area (Å²) in [5.74, 6) is 1.83. The largest absolute Gasteiger partial charge is 0.490 e. The van der Waals surface area contributed by atoms with E-state index < -0.39 is 0 Å². The fourth-order valence-electron chi connectivity index (χ4n) is 1.93. The fraction of sp³-hybridized carbons (Fsp3) is 0.438. The van der Waals surface area contributed by atoms with Crippen molar-refractivity contribution in [2.24, 2.45) is 10.7 Å². The van der Waals surface area contributed by atoms with Gasteiger partial charge in [-0.2, -0.15) is 0 Å². The molecule has 1 heterocycles. The van der Waals surface area contributed by atoms with Crippen molar-refractivity contribution in [2.45, 2.75) is 12.8 Å². The first-order valence-electron chi connectivity index (χ1n) is 7.45. The van der Waals surface area contributed by atoms with E-state index in [-0.39, 0.29) is 0 Å². The summed E-state index contributed by atoms with van der Waals surface area (Å²) in [7, 11) is 0. The first-order valence-corrected chi connectivity index (χ1v) is 7.45. The lowest BCUT2D eigenvalue weighted by Crippen LogP contribution is -2.23. The number of rotatable bonds is 7. The zero-order valence-corrected chi connectivity index (χ0v) is 12.7. The van der Waals surface area contributed by atoms with Crippen LogP contribution in [0.5, 0.6) is 11.5 Å². The number of fused-ring (bicyclic) bond motifs is 1. The number of benzene rings is 1. The summed E-state index contributed by atoms with van der Waals surface area (Å²) in [5.41, 5.74) is 6.67. The smallest absolute Gasteiger partial charge is 0.193 e. The second-order valence-electron chi connectivity index (χ2n) is 4.79. The standard InChI is InChI=1S/C16H23N3O3/c1-2-3-8-20-11-7-18-16(17)19-13-5-6-14-15(12-13)22-10-4-9-21-14/h2,5-6,12H,1,3-4,7-11H2,(H3,17,18,19). The van der Waals surface area contributed by atoms with E-state index in [1.54, 1.807) is 0 Å². The topological polar surface area (TPSA) is 78.1 Å². The van der Waals surface area contributed by atoms with Crippen LogP contribution in [-0.2, 0) is 4.74 Å². The predicted molar refractivity (Wildman–Crippen MR) is 87.8 cm³/mol. The van der Waals surface area contributed by atoms with Crippen LogP contribution in [-0.4, -0.2) is 38.9 Å². The number of hydrogen-bond acceptors (Lipinski definition) is 4. The molecule has 0 bridgehead atoms. The van der Waals surface area contributed by atoms with E-state index in [0.717, 1.165) is 30.0 Å². The first kappa shape index (κ1) is 16.2. The van der Waals surface area contributed by atoms with Crippen molar-refractivity contribution >= 4 is 11.6 Å². The van der Waals surface area contributed by atoms with Gasteiger partial charge in [0.05, 0.1) is 33.0 Å². The second kappa shape index (κ2) is 8.94. The predicted octanol–water partition coefficient (Wildman–Crippen LogP) is 2.17. The van der Waals surface area contributed by atoms with Crippen LogP contribution in [0, 0.1) is 0 Å². The molecule has 120 valence electrons. The third kappa shape index (κ3) is 5.29. The maximum absolute atomic E-state index is 5.85. The molecule has 1 aromatic carbocycles. The number of nitrogens with one attached hydrogen (secondary N) is 1. The van der Waals surface area contributed by atoms with Crippen LogP contribution in [0.25, 0.3) is 0 Å². The summed E-state index contributed by atoms with van der Waals surface area (Å²) < 4.78 is 16.6. The molecular formula is C16H23N3O3. The maximum Gasteiger partial charge on any atom is 0.193 e. The minimum atomic E-state index is 0.349. The quantitative estimate of drug-likeness (QED) is 0.349. The van der Waals surface area contributed by atoms with Crippen LogP contribution < -0.4 is 20.5 Å². The Balaban J connectivity index is 1.82. The highest BCUT2D eigenvalue weighted by Crippen LogP contribution is 2.32. The molecule has 1 aromatic rings. The average molecular weight is 305 g/mol. The molecule has 2 rings (SSSR count). The highest BCUT2D eigenvalue weighted by molar-refractivity contribution is 5.92. The van der Waals surface area contributed by atoms with Crippen molar-refractivity contribution in [1.29, 1.82) is 0 Å². The third-order valence-corrected chi connectivity index (χ3v) is 3.00. The van der Waals surface area contributed by atoms with E-state index in [2.05, 4.69) is 16.9 Å². The Labute approximate surface area is 131 Å². The molecule has 0 spiro atoms. The molecule has 22 heavy (non-hydrogen) atoms. The highest BCUT2D eigenvalue weighted by atomic mass is 16.5. The minimum absolute atomic E-state index is 0.349. The molecule has 0 unspecified atom stereocenters. The average Bonchev–Trinajstić information content (AvgIpc) is 2.75. The van der Waals surface area contributed by atoms with E-state index in [0.29, 0.717) is 38.9 Å². The molecule has 6 nitrogen and oxygen atoms in total. The van der Waals surface area contributed by atoms with Gasteiger partial charge in [0.15, 0.2) is 17.5 Å². The van der Waals surface area contributed by atoms with Crippen molar-refractivity contribution in [2.75, 3.05) is 38.3 Å². The van der Waals surface area contributed by atoms with Gasteiger partial charge < -0.3 is 25.3 Å². The molecule has 3 N–H and O–H groups in total. The zero-order valence-electron chi connectivity index (χ0n) is 12.7. The Hall–Kier alpha value is -2.21. The van der Waals surface area contributed by atoms with Crippen molar-refractivity contribution in [1.82, 2.24) is 0 Å². The van der Waals surface area contributed by atoms with Crippen LogP contribution in [0.3, 0.4) is 0 Å². The van der Waals surface area contributed by atoms with Gasteiger partial charge in [0, 0.05) is 18.2 Å². The summed E-state index contributed by atoms with van der Waals surface area (Å²) >= 11 is 0. The lowest BCUT2D eigenvalue weighted by atomic mass is 10.3. The van der Waals surface area contributed by atoms with E-state index in [1.165, 1.54) is 0 Å². The van der Waals surface area contributed by atoms with Gasteiger partial charge in [0.1, 0.15) is 0 Å². The Bertz CT molecular complexity index is 517. The summed E-state index contributed by atoms with van der Waals surface area (Å²) in [4.78, 5) is 4.21. The molecule has 1 aliphatic rings. The number of hydrogen-bond donors (Lipinski definition) is 2. The van der Waals surface area contributed by atoms with Gasteiger partial charge in [0.2, 0.25) is 0 Å². The molecule has 0 fully saturated rings. The summed E-state index contributed by atoms with van der Waals surface area (Å²) in [6.45, 7) is 6.68. The summed E-state index contributed by atoms with van der Waals surface area (Å²) in [6.07, 6.45) is 3.55. The summed E-state index contributed by atoms with van der Waals surface area (Å²) in [5, 5.41) is 3.03. The van der Waals surface area contributed by atoms with Gasteiger partial charge in [-0.3, -0.25) is 4.99 Å². The zero-order chi connectivity index (χ0) is 15.6. The number of aliphatic imine (C=N–C) groups is 1. The first-order chi connectivity index (χ1) is 10.8. The Morgan fingerprint density at radius 2 is 2.14 bits per heavy atom. The minimum Gasteiger partial charge on any atom is -0.490 e. The monoisotopic (exact) mass is 305 g/mol. The molecule has 0 atom stereocenters. The number of nitrogens with zero attached hydrogens (tertiary/aromatic N) is 1. The lowest BCUT2D eigenvalue weighted by Gasteiger charge is -2.10. The van der Waals surface area contributed by atoms with Crippen molar-refractivity contribution in [3.8, 4) is 11.5 Å². The van der Waals surface area contributed by atoms with Crippen LogP contribution in [0.4, 0.5) is 5.69 Å². The van der Waals surface area contributed by atoms with Crippen molar-refractivity contribution in [3.63, 3.8) is 0 Å². The number of ether oxygens (including phenoxy) is 3. The number of nitrogens with two attached hydrogens (primary N) is 1. The molecule has 1 aliphatic heterocycles. The highest BCUT2D eigenvalue weighted by Gasteiger charge is 2.10. The van der Waals surface area contributed by atoms with Crippen molar-refractivity contribution < 1.29 is 14.2 Å². The van der Waals surface area contributed by atoms with Gasteiger partial charge in [-0.15, -0.1) is 6.58 Å². The molecule has 6 heteroatoms. The Morgan fingerprint density at radius 1 is 1.32 bits per heavy atom. The molecule has 0 radical (unpaired) electrons. The summed E-state index contributed by atoms with van der Waals surface area (Å²) in [6, 6.07) is 5.62. The van der Waals surface area contributed by atoms with Crippen LogP contribution in [0.15, 0.2) is 35.8 Å². The second-order valence-corrected chi connectivity index (χ2v) is 4.79. The Morgan fingerprint density at radius 3 is 2.95 bits per heavy atom. The molecule has 0 aromatic heterocycles. The third-order valence-electron chi connectivity index (χ3n) is 3.00. The Kier molecular flexibility index (Phi) is 6.57. The molecule has 0 aliphatic carbocycles. The van der Waals surface area contributed by atoms with Crippen molar-refractivity contribution in [3.05, 3.63) is 30.9 Å². The molecule has 0 amide bonds. The van der Waals surface area contributed by atoms with Crippen LogP contribution in [0.2, 0.25) is 0 Å². The van der Waals surface area contributed by atoms with Crippen LogP contribution >= 0.6 is 0 Å². The lowest BCUT2D eigenvalue weighted by molar-refractivity contribution is 0.146. The van der Waals surface area contributed by atoms with E-state index in [4.69, 9.17) is 19.9 Å². The van der Waals surface area contributed by atoms with E-state index >= 15 is 0 Å². The number of anilines is 1. The molecule has 0 saturated heterocycles. The molecule has 0 saturated carbocycles. The van der Waals surface area contributed by atoms with E-state index in [9.17, 15) is 0 Å². The fourth-order valence-corrected chi connectivity index (χ4v) is 1.93. The van der Waals surface area contributed by atoms with E-state index in [1.807, 2.05) is 24.3 Å². The molecular weight excluding hydrogens is 282 g/mol. The van der Waals surface area contributed by atoms with Gasteiger partial charge >= 0.3 is 0 Å². The SMILES string of the molecule is C=CCCOCCN=C(N)Nc1ccc2c(c1)OCCCO2. The normalized spacial score (nSPS) is 14.3. The number of guanidine groups is 1. The van der Waals surface area contributed by atoms with Gasteiger partial charge in [-0.05, 0) is 18.6 Å². The van der Waals surface area contributed by atoms with Gasteiger partial charge in [0.25, 0.3) is 0 Å². The van der Waals surface area contributed by atoms with Crippen LogP contribution in [0.1, 0.15) is 12.8 Å².